The summed E-state index contributed by atoms with van der Waals surface area (Å²) in [5.74, 6) is -1.26. The standard InChI is InChI=1S/C13H22N2O4/c1-8-7-9(5-6-19-8)14-13(18)15-11-4-2-3-10(11)12(16)17/h8-11H,2-7H2,1H3,(H,16,17)(H2,14,15,18). The van der Waals surface area contributed by atoms with Gasteiger partial charge in [0.25, 0.3) is 0 Å². The Morgan fingerprint density at radius 3 is 2.68 bits per heavy atom. The predicted molar refractivity (Wildman–Crippen MR) is 68.9 cm³/mol. The third kappa shape index (κ3) is 3.83. The second-order valence-corrected chi connectivity index (χ2v) is 5.50. The molecule has 3 N–H and O–H groups in total. The van der Waals surface area contributed by atoms with E-state index in [1.54, 1.807) is 0 Å². The summed E-state index contributed by atoms with van der Waals surface area (Å²) in [4.78, 5) is 22.9. The summed E-state index contributed by atoms with van der Waals surface area (Å²) in [6.45, 7) is 2.65. The second kappa shape index (κ2) is 6.23. The van der Waals surface area contributed by atoms with E-state index in [0.29, 0.717) is 13.0 Å². The fourth-order valence-electron chi connectivity index (χ4n) is 2.95. The largest absolute Gasteiger partial charge is 0.481 e. The van der Waals surface area contributed by atoms with Crippen LogP contribution in [0.4, 0.5) is 4.79 Å². The van der Waals surface area contributed by atoms with Crippen molar-refractivity contribution >= 4 is 12.0 Å². The van der Waals surface area contributed by atoms with Gasteiger partial charge >= 0.3 is 12.0 Å². The minimum atomic E-state index is -0.817. The highest BCUT2D eigenvalue weighted by Crippen LogP contribution is 2.25. The van der Waals surface area contributed by atoms with E-state index in [9.17, 15) is 9.59 Å². The number of aliphatic carboxylic acids is 1. The zero-order chi connectivity index (χ0) is 13.8. The van der Waals surface area contributed by atoms with Crippen LogP contribution in [0.25, 0.3) is 0 Å². The lowest BCUT2D eigenvalue weighted by atomic mass is 10.0. The molecule has 1 aliphatic carbocycles. The van der Waals surface area contributed by atoms with E-state index in [4.69, 9.17) is 9.84 Å². The van der Waals surface area contributed by atoms with Crippen molar-refractivity contribution in [3.63, 3.8) is 0 Å². The van der Waals surface area contributed by atoms with Gasteiger partial charge in [-0.3, -0.25) is 4.79 Å². The number of hydrogen-bond donors (Lipinski definition) is 3. The molecular weight excluding hydrogens is 248 g/mol. The molecule has 108 valence electrons. The molecule has 2 fully saturated rings. The molecule has 0 spiro atoms. The highest BCUT2D eigenvalue weighted by molar-refractivity contribution is 5.77. The lowest BCUT2D eigenvalue weighted by molar-refractivity contribution is -0.142. The van der Waals surface area contributed by atoms with Crippen LogP contribution in [0.1, 0.15) is 39.0 Å². The number of amides is 2. The summed E-state index contributed by atoms with van der Waals surface area (Å²) in [6.07, 6.45) is 4.03. The number of carbonyl (C=O) groups excluding carboxylic acids is 1. The molecule has 0 aromatic heterocycles. The predicted octanol–water partition coefficient (Wildman–Crippen LogP) is 1.11. The molecule has 6 heteroatoms. The van der Waals surface area contributed by atoms with E-state index in [-0.39, 0.29) is 24.2 Å². The number of carbonyl (C=O) groups is 2. The molecule has 0 radical (unpaired) electrons. The van der Waals surface area contributed by atoms with Crippen LogP contribution in [-0.4, -0.2) is 41.9 Å². The summed E-state index contributed by atoms with van der Waals surface area (Å²) < 4.78 is 5.42. The number of rotatable bonds is 3. The smallest absolute Gasteiger partial charge is 0.315 e. The Labute approximate surface area is 112 Å². The lowest BCUT2D eigenvalue weighted by Gasteiger charge is -2.28. The van der Waals surface area contributed by atoms with Crippen molar-refractivity contribution in [3.05, 3.63) is 0 Å². The van der Waals surface area contributed by atoms with Gasteiger partial charge in [-0.25, -0.2) is 4.79 Å². The molecule has 0 aromatic rings. The van der Waals surface area contributed by atoms with E-state index in [1.165, 1.54) is 0 Å². The van der Waals surface area contributed by atoms with Crippen LogP contribution in [0, 0.1) is 5.92 Å². The molecule has 2 aliphatic rings. The molecule has 19 heavy (non-hydrogen) atoms. The van der Waals surface area contributed by atoms with Crippen molar-refractivity contribution in [1.29, 1.82) is 0 Å². The number of carboxylic acid groups (broad SMARTS) is 1. The third-order valence-electron chi connectivity index (χ3n) is 3.97. The van der Waals surface area contributed by atoms with E-state index >= 15 is 0 Å². The van der Waals surface area contributed by atoms with E-state index < -0.39 is 11.9 Å². The van der Waals surface area contributed by atoms with Gasteiger partial charge in [-0.1, -0.05) is 6.42 Å². The van der Waals surface area contributed by atoms with Crippen molar-refractivity contribution in [2.24, 2.45) is 5.92 Å². The average Bonchev–Trinajstić information content (AvgIpc) is 2.76. The number of urea groups is 1. The molecule has 6 nitrogen and oxygen atoms in total. The first kappa shape index (κ1) is 14.1. The maximum absolute atomic E-state index is 11.9. The molecule has 2 amide bonds. The second-order valence-electron chi connectivity index (χ2n) is 5.50. The van der Waals surface area contributed by atoms with Crippen LogP contribution in [-0.2, 0) is 9.53 Å². The molecule has 1 heterocycles. The van der Waals surface area contributed by atoms with E-state index in [1.807, 2.05) is 6.92 Å². The van der Waals surface area contributed by atoms with E-state index in [2.05, 4.69) is 10.6 Å². The Kier molecular flexibility index (Phi) is 4.63. The van der Waals surface area contributed by atoms with Crippen molar-refractivity contribution in [1.82, 2.24) is 10.6 Å². The Hall–Kier alpha value is -1.30. The zero-order valence-electron chi connectivity index (χ0n) is 11.2. The number of carboxylic acids is 1. The number of hydrogen-bond acceptors (Lipinski definition) is 3. The van der Waals surface area contributed by atoms with Crippen LogP contribution < -0.4 is 10.6 Å². The zero-order valence-corrected chi connectivity index (χ0v) is 11.2. The minimum absolute atomic E-state index is 0.119. The summed E-state index contributed by atoms with van der Waals surface area (Å²) in [5, 5.41) is 14.8. The average molecular weight is 270 g/mol. The molecule has 1 saturated carbocycles. The Balaban J connectivity index is 1.79. The Morgan fingerprint density at radius 1 is 1.21 bits per heavy atom. The van der Waals surface area contributed by atoms with Crippen molar-refractivity contribution < 1.29 is 19.4 Å². The molecule has 0 aromatic carbocycles. The summed E-state index contributed by atoms with van der Waals surface area (Å²) in [6, 6.07) is -0.375. The monoisotopic (exact) mass is 270 g/mol. The maximum atomic E-state index is 11.9. The molecule has 1 saturated heterocycles. The molecular formula is C13H22N2O4. The van der Waals surface area contributed by atoms with Gasteiger partial charge in [0.2, 0.25) is 0 Å². The van der Waals surface area contributed by atoms with Gasteiger partial charge in [0.15, 0.2) is 0 Å². The molecule has 2 rings (SSSR count). The van der Waals surface area contributed by atoms with Crippen LogP contribution >= 0.6 is 0 Å². The number of ether oxygens (including phenoxy) is 1. The highest BCUT2D eigenvalue weighted by Gasteiger charge is 2.34. The van der Waals surface area contributed by atoms with Crippen molar-refractivity contribution in [2.45, 2.75) is 57.2 Å². The lowest BCUT2D eigenvalue weighted by Crippen LogP contribution is -2.50. The topological polar surface area (TPSA) is 87.7 Å². The van der Waals surface area contributed by atoms with Crippen LogP contribution in [0.5, 0.6) is 0 Å². The maximum Gasteiger partial charge on any atom is 0.315 e. The van der Waals surface area contributed by atoms with Gasteiger partial charge in [0.05, 0.1) is 12.0 Å². The SMILES string of the molecule is CC1CC(NC(=O)NC2CCCC2C(=O)O)CCO1. The van der Waals surface area contributed by atoms with E-state index in [0.717, 1.165) is 25.7 Å². The van der Waals surface area contributed by atoms with Gasteiger partial charge in [-0.2, -0.15) is 0 Å². The van der Waals surface area contributed by atoms with Crippen molar-refractivity contribution in [3.8, 4) is 0 Å². The van der Waals surface area contributed by atoms with Gasteiger partial charge in [-0.05, 0) is 32.6 Å². The summed E-state index contributed by atoms with van der Waals surface area (Å²) in [7, 11) is 0. The first-order chi connectivity index (χ1) is 9.06. The fraction of sp³-hybridized carbons (Fsp3) is 0.846. The van der Waals surface area contributed by atoms with Crippen LogP contribution in [0.2, 0.25) is 0 Å². The first-order valence-electron chi connectivity index (χ1n) is 6.97. The van der Waals surface area contributed by atoms with Crippen molar-refractivity contribution in [2.75, 3.05) is 6.61 Å². The van der Waals surface area contributed by atoms with Crippen LogP contribution in [0.3, 0.4) is 0 Å². The highest BCUT2D eigenvalue weighted by atomic mass is 16.5. The first-order valence-corrected chi connectivity index (χ1v) is 6.97. The third-order valence-corrected chi connectivity index (χ3v) is 3.97. The summed E-state index contributed by atoms with van der Waals surface area (Å²) >= 11 is 0. The van der Waals surface area contributed by atoms with Crippen LogP contribution in [0.15, 0.2) is 0 Å². The minimum Gasteiger partial charge on any atom is -0.481 e. The Bertz CT molecular complexity index is 348. The number of nitrogens with one attached hydrogen (secondary N) is 2. The summed E-state index contributed by atoms with van der Waals surface area (Å²) in [5.41, 5.74) is 0. The van der Waals surface area contributed by atoms with Gasteiger partial charge in [-0.15, -0.1) is 0 Å². The fourth-order valence-corrected chi connectivity index (χ4v) is 2.95. The molecule has 0 bridgehead atoms. The van der Waals surface area contributed by atoms with Gasteiger partial charge in [0.1, 0.15) is 0 Å². The molecule has 1 aliphatic heterocycles. The molecule has 4 unspecified atom stereocenters. The van der Waals surface area contributed by atoms with Gasteiger partial charge in [0, 0.05) is 18.7 Å². The molecule has 4 atom stereocenters. The quantitative estimate of drug-likeness (QED) is 0.716. The Morgan fingerprint density at radius 2 is 2.00 bits per heavy atom. The normalized spacial score (nSPS) is 34.8. The van der Waals surface area contributed by atoms with Gasteiger partial charge < -0.3 is 20.5 Å².